The summed E-state index contributed by atoms with van der Waals surface area (Å²) in [6.45, 7) is 5.26. The van der Waals surface area contributed by atoms with Gasteiger partial charge >= 0.3 is 0 Å². The molecule has 0 aliphatic heterocycles. The zero-order valence-electron chi connectivity index (χ0n) is 13.7. The first-order valence-corrected chi connectivity index (χ1v) is 7.97. The van der Waals surface area contributed by atoms with Crippen LogP contribution < -0.4 is 5.32 Å². The summed E-state index contributed by atoms with van der Waals surface area (Å²) in [6.07, 6.45) is 6.49. The summed E-state index contributed by atoms with van der Waals surface area (Å²) >= 11 is 0. The molecule has 0 aromatic carbocycles. The molecule has 0 saturated carbocycles. The van der Waals surface area contributed by atoms with Gasteiger partial charge in [-0.25, -0.2) is 0 Å². The molecule has 122 valence electrons. The number of nitrogens with zero attached hydrogens (tertiary/aromatic N) is 1. The Kier molecular flexibility index (Phi) is 11.5. The van der Waals surface area contributed by atoms with Crippen molar-refractivity contribution >= 4 is 18.1 Å². The van der Waals surface area contributed by atoms with Crippen molar-refractivity contribution in [3.05, 3.63) is 0 Å². The molecular formula is C16H30N2O3. The second-order valence-corrected chi connectivity index (χ2v) is 5.65. The Morgan fingerprint density at radius 3 is 2.52 bits per heavy atom. The largest absolute Gasteiger partial charge is 0.356 e. The Morgan fingerprint density at radius 2 is 1.90 bits per heavy atom. The third-order valence-electron chi connectivity index (χ3n) is 3.40. The molecule has 2 amide bonds. The zero-order chi connectivity index (χ0) is 16.1. The van der Waals surface area contributed by atoms with E-state index in [1.165, 1.54) is 0 Å². The lowest BCUT2D eigenvalue weighted by Crippen LogP contribution is -2.29. The molecule has 0 aliphatic rings. The van der Waals surface area contributed by atoms with Gasteiger partial charge in [-0.3, -0.25) is 9.59 Å². The maximum atomic E-state index is 11.7. The summed E-state index contributed by atoms with van der Waals surface area (Å²) in [7, 11) is 1.74. The smallest absolute Gasteiger partial charge is 0.223 e. The van der Waals surface area contributed by atoms with Crippen LogP contribution in [0.25, 0.3) is 0 Å². The van der Waals surface area contributed by atoms with E-state index in [4.69, 9.17) is 0 Å². The SMILES string of the molecule is CCCCCNC(=O)CCCCN(C)C(=O)CC(C)C=O. The number of nitrogens with one attached hydrogen (secondary N) is 1. The zero-order valence-corrected chi connectivity index (χ0v) is 13.7. The van der Waals surface area contributed by atoms with Crippen molar-refractivity contribution in [2.75, 3.05) is 20.1 Å². The molecule has 0 heterocycles. The van der Waals surface area contributed by atoms with Gasteiger partial charge in [-0.2, -0.15) is 0 Å². The molecule has 0 aliphatic carbocycles. The number of hydrogen-bond donors (Lipinski definition) is 1. The molecule has 0 rings (SSSR count). The highest BCUT2D eigenvalue weighted by atomic mass is 16.2. The first-order chi connectivity index (χ1) is 10.0. The fourth-order valence-corrected chi connectivity index (χ4v) is 1.93. The molecule has 0 aromatic heterocycles. The fraction of sp³-hybridized carbons (Fsp3) is 0.812. The number of hydrogen-bond acceptors (Lipinski definition) is 3. The van der Waals surface area contributed by atoms with E-state index in [1.807, 2.05) is 0 Å². The second-order valence-electron chi connectivity index (χ2n) is 5.65. The van der Waals surface area contributed by atoms with Gasteiger partial charge in [0, 0.05) is 38.9 Å². The van der Waals surface area contributed by atoms with E-state index < -0.39 is 0 Å². The van der Waals surface area contributed by atoms with E-state index in [2.05, 4.69) is 12.2 Å². The van der Waals surface area contributed by atoms with Crippen LogP contribution in [0.5, 0.6) is 0 Å². The van der Waals surface area contributed by atoms with Crippen molar-refractivity contribution in [1.29, 1.82) is 0 Å². The number of unbranched alkanes of at least 4 members (excludes halogenated alkanes) is 3. The quantitative estimate of drug-likeness (QED) is 0.443. The van der Waals surface area contributed by atoms with Gasteiger partial charge in [-0.05, 0) is 19.3 Å². The minimum absolute atomic E-state index is 0.0152. The van der Waals surface area contributed by atoms with Gasteiger partial charge in [-0.1, -0.05) is 26.7 Å². The average molecular weight is 298 g/mol. The number of carbonyl (C=O) groups excluding carboxylic acids is 3. The first kappa shape index (κ1) is 19.6. The summed E-state index contributed by atoms with van der Waals surface area (Å²) in [5.74, 6) is -0.151. The second kappa shape index (κ2) is 12.4. The van der Waals surface area contributed by atoms with Gasteiger partial charge in [-0.15, -0.1) is 0 Å². The van der Waals surface area contributed by atoms with Crippen LogP contribution in [-0.2, 0) is 14.4 Å². The molecule has 1 unspecified atom stereocenters. The highest BCUT2D eigenvalue weighted by molar-refractivity contribution is 5.78. The minimum Gasteiger partial charge on any atom is -0.356 e. The lowest BCUT2D eigenvalue weighted by Gasteiger charge is -2.17. The van der Waals surface area contributed by atoms with Crippen LogP contribution in [0.15, 0.2) is 0 Å². The minimum atomic E-state index is -0.228. The van der Waals surface area contributed by atoms with Crippen LogP contribution in [0.4, 0.5) is 0 Å². The lowest BCUT2D eigenvalue weighted by molar-refractivity contribution is -0.132. The topological polar surface area (TPSA) is 66.5 Å². The standard InChI is InChI=1S/C16H30N2O3/c1-4-5-7-10-17-15(20)9-6-8-11-18(3)16(21)12-14(2)13-19/h13-14H,4-12H2,1-3H3,(H,17,20). The summed E-state index contributed by atoms with van der Waals surface area (Å²) < 4.78 is 0. The number of aldehydes is 1. The Balaban J connectivity index is 3.62. The van der Waals surface area contributed by atoms with Crippen molar-refractivity contribution in [2.45, 2.75) is 58.8 Å². The molecule has 21 heavy (non-hydrogen) atoms. The number of amides is 2. The molecule has 0 radical (unpaired) electrons. The number of rotatable bonds is 12. The summed E-state index contributed by atoms with van der Waals surface area (Å²) in [5, 5.41) is 2.90. The molecule has 5 heteroatoms. The molecule has 0 aromatic rings. The Labute approximate surface area is 128 Å². The number of carbonyl (C=O) groups is 3. The summed E-state index contributed by atoms with van der Waals surface area (Å²) in [6, 6.07) is 0. The molecule has 5 nitrogen and oxygen atoms in total. The van der Waals surface area contributed by atoms with Crippen LogP contribution in [0.3, 0.4) is 0 Å². The maximum absolute atomic E-state index is 11.7. The third kappa shape index (κ3) is 11.0. The Bertz CT molecular complexity index is 319. The summed E-state index contributed by atoms with van der Waals surface area (Å²) in [5.41, 5.74) is 0. The molecule has 0 spiro atoms. The van der Waals surface area contributed by atoms with Gasteiger partial charge in [0.2, 0.25) is 11.8 Å². The van der Waals surface area contributed by atoms with E-state index >= 15 is 0 Å². The van der Waals surface area contributed by atoms with Gasteiger partial charge in [0.15, 0.2) is 0 Å². The van der Waals surface area contributed by atoms with E-state index in [-0.39, 0.29) is 24.2 Å². The highest BCUT2D eigenvalue weighted by Gasteiger charge is 2.12. The first-order valence-electron chi connectivity index (χ1n) is 7.97. The van der Waals surface area contributed by atoms with Crippen LogP contribution in [0, 0.1) is 5.92 Å². The Morgan fingerprint density at radius 1 is 1.19 bits per heavy atom. The van der Waals surface area contributed by atoms with E-state index in [0.717, 1.165) is 44.9 Å². The van der Waals surface area contributed by atoms with Crippen molar-refractivity contribution in [2.24, 2.45) is 5.92 Å². The molecule has 0 bridgehead atoms. The van der Waals surface area contributed by atoms with E-state index in [9.17, 15) is 14.4 Å². The van der Waals surface area contributed by atoms with Gasteiger partial charge in [0.05, 0.1) is 0 Å². The summed E-state index contributed by atoms with van der Waals surface area (Å²) in [4.78, 5) is 35.4. The average Bonchev–Trinajstić information content (AvgIpc) is 2.47. The maximum Gasteiger partial charge on any atom is 0.223 e. The molecule has 1 N–H and O–H groups in total. The van der Waals surface area contributed by atoms with E-state index in [1.54, 1.807) is 18.9 Å². The molecule has 0 saturated heterocycles. The van der Waals surface area contributed by atoms with Gasteiger partial charge < -0.3 is 15.0 Å². The van der Waals surface area contributed by atoms with Crippen molar-refractivity contribution in [3.63, 3.8) is 0 Å². The van der Waals surface area contributed by atoms with Gasteiger partial charge in [0.1, 0.15) is 6.29 Å². The van der Waals surface area contributed by atoms with Crippen LogP contribution in [-0.4, -0.2) is 43.1 Å². The molecule has 1 atom stereocenters. The highest BCUT2D eigenvalue weighted by Crippen LogP contribution is 2.04. The predicted molar refractivity (Wildman–Crippen MR) is 83.9 cm³/mol. The van der Waals surface area contributed by atoms with Gasteiger partial charge in [0.25, 0.3) is 0 Å². The fourth-order valence-electron chi connectivity index (χ4n) is 1.93. The van der Waals surface area contributed by atoms with E-state index in [0.29, 0.717) is 13.0 Å². The van der Waals surface area contributed by atoms with Crippen molar-refractivity contribution in [3.8, 4) is 0 Å². The third-order valence-corrected chi connectivity index (χ3v) is 3.40. The van der Waals surface area contributed by atoms with Crippen LogP contribution in [0.2, 0.25) is 0 Å². The van der Waals surface area contributed by atoms with Crippen LogP contribution >= 0.6 is 0 Å². The Hall–Kier alpha value is -1.39. The van der Waals surface area contributed by atoms with Crippen molar-refractivity contribution in [1.82, 2.24) is 10.2 Å². The predicted octanol–water partition coefficient (Wildman–Crippen LogP) is 2.15. The molecule has 0 fully saturated rings. The van der Waals surface area contributed by atoms with Crippen molar-refractivity contribution < 1.29 is 14.4 Å². The molecular weight excluding hydrogens is 268 g/mol. The lowest BCUT2D eigenvalue weighted by atomic mass is 10.1. The van der Waals surface area contributed by atoms with Crippen LogP contribution in [0.1, 0.15) is 58.8 Å². The monoisotopic (exact) mass is 298 g/mol. The normalized spacial score (nSPS) is 11.8.